The molecule has 0 unspecified atom stereocenters. The predicted octanol–water partition coefficient (Wildman–Crippen LogP) is 4.44. The Balaban J connectivity index is 1.67. The molecule has 0 aliphatic heterocycles. The maximum absolute atomic E-state index is 11.6. The van der Waals surface area contributed by atoms with Gasteiger partial charge in [0.05, 0.1) is 0 Å². The third-order valence-electron chi connectivity index (χ3n) is 3.15. The van der Waals surface area contributed by atoms with E-state index >= 15 is 0 Å². The largest absolute Gasteiger partial charge is 0.490 e. The van der Waals surface area contributed by atoms with Gasteiger partial charge in [0.15, 0.2) is 0 Å². The molecule has 0 radical (unpaired) electrons. The molecule has 0 heterocycles. The first kappa shape index (κ1) is 15.9. The molecule has 0 fully saturated rings. The van der Waals surface area contributed by atoms with Crippen molar-refractivity contribution in [1.82, 2.24) is 0 Å². The lowest BCUT2D eigenvalue weighted by Crippen LogP contribution is -2.17. The molecule has 0 aliphatic rings. The normalized spacial score (nSPS) is 10.3. The van der Waals surface area contributed by atoms with Crippen LogP contribution in [0.1, 0.15) is 25.3 Å². The van der Waals surface area contributed by atoms with Crippen LogP contribution in [-0.2, 0) is 4.74 Å². The number of hydrogen-bond acceptors (Lipinski definition) is 3. The predicted molar refractivity (Wildman–Crippen MR) is 87.4 cm³/mol. The minimum Gasteiger partial charge on any atom is -0.490 e. The van der Waals surface area contributed by atoms with Crippen LogP contribution in [0.5, 0.6) is 5.75 Å². The minimum atomic E-state index is -0.482. The topological polar surface area (TPSA) is 47.6 Å². The number of amides is 1. The van der Waals surface area contributed by atoms with E-state index in [0.717, 1.165) is 5.75 Å². The van der Waals surface area contributed by atoms with Crippen molar-refractivity contribution in [3.63, 3.8) is 0 Å². The summed E-state index contributed by atoms with van der Waals surface area (Å²) >= 11 is 0. The molecule has 2 aromatic rings. The Morgan fingerprint density at radius 1 is 1.00 bits per heavy atom. The monoisotopic (exact) mass is 299 g/mol. The average Bonchev–Trinajstić information content (AvgIpc) is 2.53. The molecule has 0 saturated heterocycles. The standard InChI is InChI=1S/C18H21NO3/c1-14(2)15-8-10-17(11-9-15)21-12-13-22-18(20)19-16-6-4-3-5-7-16/h3-11,14H,12-13H2,1-2H3,(H,19,20). The molecule has 116 valence electrons. The van der Waals surface area contributed by atoms with Gasteiger partial charge in [0, 0.05) is 5.69 Å². The molecule has 0 aliphatic carbocycles. The number of ether oxygens (including phenoxy) is 2. The lowest BCUT2D eigenvalue weighted by atomic mass is 10.0. The van der Waals surface area contributed by atoms with E-state index in [2.05, 4.69) is 19.2 Å². The summed E-state index contributed by atoms with van der Waals surface area (Å²) < 4.78 is 10.6. The smallest absolute Gasteiger partial charge is 0.411 e. The van der Waals surface area contributed by atoms with Crippen molar-refractivity contribution in [2.75, 3.05) is 18.5 Å². The number of rotatable bonds is 6. The molecule has 1 amide bonds. The number of anilines is 1. The van der Waals surface area contributed by atoms with Crippen molar-refractivity contribution < 1.29 is 14.3 Å². The fraction of sp³-hybridized carbons (Fsp3) is 0.278. The number of benzene rings is 2. The summed E-state index contributed by atoms with van der Waals surface area (Å²) in [6, 6.07) is 17.1. The molecular formula is C18H21NO3. The van der Waals surface area contributed by atoms with Gasteiger partial charge in [0.1, 0.15) is 19.0 Å². The van der Waals surface area contributed by atoms with E-state index in [9.17, 15) is 4.79 Å². The SMILES string of the molecule is CC(C)c1ccc(OCCOC(=O)Nc2ccccc2)cc1. The first-order valence-corrected chi connectivity index (χ1v) is 7.37. The second kappa shape index (κ2) is 8.08. The number of hydrogen-bond donors (Lipinski definition) is 1. The van der Waals surface area contributed by atoms with Gasteiger partial charge in [-0.1, -0.05) is 44.2 Å². The Morgan fingerprint density at radius 3 is 2.32 bits per heavy atom. The van der Waals surface area contributed by atoms with Crippen LogP contribution in [0.4, 0.5) is 10.5 Å². The average molecular weight is 299 g/mol. The summed E-state index contributed by atoms with van der Waals surface area (Å²) in [6.45, 7) is 4.82. The van der Waals surface area contributed by atoms with Crippen LogP contribution in [0.2, 0.25) is 0 Å². The Bertz CT molecular complexity index is 579. The van der Waals surface area contributed by atoms with E-state index in [1.807, 2.05) is 42.5 Å². The van der Waals surface area contributed by atoms with E-state index in [1.54, 1.807) is 12.1 Å². The van der Waals surface area contributed by atoms with Gasteiger partial charge in [0.2, 0.25) is 0 Å². The van der Waals surface area contributed by atoms with E-state index < -0.39 is 6.09 Å². The third kappa shape index (κ3) is 5.13. The zero-order valence-electron chi connectivity index (χ0n) is 12.9. The molecule has 0 atom stereocenters. The number of carbonyl (C=O) groups is 1. The van der Waals surface area contributed by atoms with Gasteiger partial charge in [-0.15, -0.1) is 0 Å². The second-order valence-electron chi connectivity index (χ2n) is 5.20. The van der Waals surface area contributed by atoms with Crippen molar-refractivity contribution >= 4 is 11.8 Å². The Kier molecular flexibility index (Phi) is 5.83. The van der Waals surface area contributed by atoms with Crippen LogP contribution in [-0.4, -0.2) is 19.3 Å². The van der Waals surface area contributed by atoms with Gasteiger partial charge in [-0.2, -0.15) is 0 Å². The lowest BCUT2D eigenvalue weighted by molar-refractivity contribution is 0.138. The third-order valence-corrected chi connectivity index (χ3v) is 3.15. The summed E-state index contributed by atoms with van der Waals surface area (Å²) in [5.74, 6) is 1.27. The highest BCUT2D eigenvalue weighted by Gasteiger charge is 2.03. The lowest BCUT2D eigenvalue weighted by Gasteiger charge is -2.10. The number of carbonyl (C=O) groups excluding carboxylic acids is 1. The number of para-hydroxylation sites is 1. The molecule has 2 aromatic carbocycles. The summed E-state index contributed by atoms with van der Waals surface area (Å²) in [6.07, 6.45) is -0.482. The Hall–Kier alpha value is -2.49. The fourth-order valence-corrected chi connectivity index (χ4v) is 1.92. The molecule has 0 saturated carbocycles. The maximum atomic E-state index is 11.6. The van der Waals surface area contributed by atoms with Gasteiger partial charge in [-0.25, -0.2) is 4.79 Å². The molecule has 4 heteroatoms. The molecule has 22 heavy (non-hydrogen) atoms. The van der Waals surface area contributed by atoms with Gasteiger partial charge in [-0.05, 0) is 35.7 Å². The van der Waals surface area contributed by atoms with Crippen LogP contribution in [0, 0.1) is 0 Å². The highest BCUT2D eigenvalue weighted by Crippen LogP contribution is 2.18. The summed E-state index contributed by atoms with van der Waals surface area (Å²) in [5.41, 5.74) is 1.98. The first-order chi connectivity index (χ1) is 10.6. The Morgan fingerprint density at radius 2 is 1.68 bits per heavy atom. The van der Waals surface area contributed by atoms with Crippen molar-refractivity contribution in [1.29, 1.82) is 0 Å². The molecule has 4 nitrogen and oxygen atoms in total. The van der Waals surface area contributed by atoms with Crippen molar-refractivity contribution in [3.05, 3.63) is 60.2 Å². The van der Waals surface area contributed by atoms with E-state index in [1.165, 1.54) is 5.56 Å². The highest BCUT2D eigenvalue weighted by molar-refractivity contribution is 5.84. The zero-order chi connectivity index (χ0) is 15.8. The van der Waals surface area contributed by atoms with Gasteiger partial charge in [0.25, 0.3) is 0 Å². The molecular weight excluding hydrogens is 278 g/mol. The second-order valence-corrected chi connectivity index (χ2v) is 5.20. The summed E-state index contributed by atoms with van der Waals surface area (Å²) in [7, 11) is 0. The van der Waals surface area contributed by atoms with Crippen LogP contribution in [0.25, 0.3) is 0 Å². The van der Waals surface area contributed by atoms with Crippen LogP contribution in [0.15, 0.2) is 54.6 Å². The molecule has 0 aromatic heterocycles. The number of nitrogens with one attached hydrogen (secondary N) is 1. The van der Waals surface area contributed by atoms with Crippen LogP contribution < -0.4 is 10.1 Å². The Labute approximate surface area is 131 Å². The minimum absolute atomic E-state index is 0.199. The van der Waals surface area contributed by atoms with Crippen molar-refractivity contribution in [3.8, 4) is 5.75 Å². The van der Waals surface area contributed by atoms with Crippen LogP contribution in [0.3, 0.4) is 0 Å². The van der Waals surface area contributed by atoms with Crippen molar-refractivity contribution in [2.45, 2.75) is 19.8 Å². The van der Waals surface area contributed by atoms with Gasteiger partial charge in [-0.3, -0.25) is 5.32 Å². The quantitative estimate of drug-likeness (QED) is 0.802. The van der Waals surface area contributed by atoms with Crippen molar-refractivity contribution in [2.24, 2.45) is 0 Å². The van der Waals surface area contributed by atoms with Gasteiger partial charge >= 0.3 is 6.09 Å². The maximum Gasteiger partial charge on any atom is 0.411 e. The fourth-order valence-electron chi connectivity index (χ4n) is 1.92. The van der Waals surface area contributed by atoms with E-state index in [-0.39, 0.29) is 6.61 Å². The zero-order valence-corrected chi connectivity index (χ0v) is 12.9. The first-order valence-electron chi connectivity index (χ1n) is 7.37. The summed E-state index contributed by atoms with van der Waals surface area (Å²) in [5, 5.41) is 2.64. The van der Waals surface area contributed by atoms with E-state index in [0.29, 0.717) is 18.2 Å². The van der Waals surface area contributed by atoms with Gasteiger partial charge < -0.3 is 9.47 Å². The molecule has 0 spiro atoms. The summed E-state index contributed by atoms with van der Waals surface area (Å²) in [4.78, 5) is 11.6. The van der Waals surface area contributed by atoms with E-state index in [4.69, 9.17) is 9.47 Å². The highest BCUT2D eigenvalue weighted by atomic mass is 16.6. The molecule has 1 N–H and O–H groups in total. The molecule has 0 bridgehead atoms. The van der Waals surface area contributed by atoms with Crippen LogP contribution >= 0.6 is 0 Å². The molecule has 2 rings (SSSR count).